The Bertz CT molecular complexity index is 302. The fraction of sp³-hybridized carbons (Fsp3) is 0.333. The smallest absolute Gasteiger partial charge is 0.163 e. The Balaban J connectivity index is 3.09. The van der Waals surface area contributed by atoms with Crippen LogP contribution in [0.1, 0.15) is 18.1 Å². The molecule has 0 aliphatic carbocycles. The van der Waals surface area contributed by atoms with E-state index < -0.39 is 11.6 Å². The maximum atomic E-state index is 13.0. The van der Waals surface area contributed by atoms with Gasteiger partial charge in [0.2, 0.25) is 0 Å². The van der Waals surface area contributed by atoms with Crippen LogP contribution in [-0.2, 0) is 13.0 Å². The minimum absolute atomic E-state index is 0.0867. The van der Waals surface area contributed by atoms with E-state index in [0.717, 1.165) is 6.07 Å². The number of aryl methyl sites for hydroxylation is 1. The second kappa shape index (κ2) is 4.30. The molecule has 1 aromatic carbocycles. The third kappa shape index (κ3) is 2.23. The second-order valence-electron chi connectivity index (χ2n) is 2.74. The summed E-state index contributed by atoms with van der Waals surface area (Å²) >= 11 is 0. The molecule has 72 valence electrons. The summed E-state index contributed by atoms with van der Waals surface area (Å²) in [6.07, 6.45) is 0.635. The first-order valence-corrected chi connectivity index (χ1v) is 4.02. The predicted octanol–water partition coefficient (Wildman–Crippen LogP) is 2.01. The van der Waals surface area contributed by atoms with Crippen molar-refractivity contribution in [2.75, 3.05) is 0 Å². The third-order valence-corrected chi connectivity index (χ3v) is 1.84. The number of benzene rings is 1. The van der Waals surface area contributed by atoms with Gasteiger partial charge in [0, 0.05) is 12.1 Å². The first-order chi connectivity index (χ1) is 6.19. The molecule has 2 nitrogen and oxygen atoms in total. The van der Waals surface area contributed by atoms with Gasteiger partial charge in [-0.25, -0.2) is 14.3 Å². The molecule has 4 heteroatoms. The number of nitrogens with one attached hydrogen (secondary N) is 1. The lowest BCUT2D eigenvalue weighted by Gasteiger charge is -2.05. The van der Waals surface area contributed by atoms with Gasteiger partial charge >= 0.3 is 0 Å². The number of hydrogen-bond donors (Lipinski definition) is 2. The van der Waals surface area contributed by atoms with E-state index in [0.29, 0.717) is 12.0 Å². The number of rotatable bonds is 3. The van der Waals surface area contributed by atoms with Gasteiger partial charge < -0.3 is 5.21 Å². The molecular formula is C9H11F2NO. The first-order valence-electron chi connectivity index (χ1n) is 4.02. The third-order valence-electron chi connectivity index (χ3n) is 1.84. The van der Waals surface area contributed by atoms with Crippen LogP contribution < -0.4 is 5.48 Å². The monoisotopic (exact) mass is 187 g/mol. The van der Waals surface area contributed by atoms with Crippen molar-refractivity contribution in [1.82, 2.24) is 5.48 Å². The van der Waals surface area contributed by atoms with Crippen LogP contribution in [0.25, 0.3) is 0 Å². The van der Waals surface area contributed by atoms with E-state index in [9.17, 15) is 8.78 Å². The standard InChI is InChI=1S/C9H11F2NO/c1-2-6-3-7(5-12-13)9(11)8(10)4-6/h3-4,12-13H,2,5H2,1H3. The number of hydrogen-bond acceptors (Lipinski definition) is 2. The highest BCUT2D eigenvalue weighted by Gasteiger charge is 2.09. The van der Waals surface area contributed by atoms with Gasteiger partial charge in [0.05, 0.1) is 0 Å². The van der Waals surface area contributed by atoms with Gasteiger partial charge in [-0.15, -0.1) is 0 Å². The minimum Gasteiger partial charge on any atom is -0.316 e. The van der Waals surface area contributed by atoms with Crippen molar-refractivity contribution in [3.8, 4) is 0 Å². The summed E-state index contributed by atoms with van der Waals surface area (Å²) in [6.45, 7) is 1.76. The second-order valence-corrected chi connectivity index (χ2v) is 2.74. The predicted molar refractivity (Wildman–Crippen MR) is 44.4 cm³/mol. The van der Waals surface area contributed by atoms with Gasteiger partial charge in [0.15, 0.2) is 11.6 Å². The number of halogens is 2. The Kier molecular flexibility index (Phi) is 3.33. The summed E-state index contributed by atoms with van der Waals surface area (Å²) < 4.78 is 25.8. The summed E-state index contributed by atoms with van der Waals surface area (Å²) in [5, 5.41) is 8.36. The van der Waals surface area contributed by atoms with E-state index in [1.165, 1.54) is 6.07 Å². The molecule has 0 fully saturated rings. The van der Waals surface area contributed by atoms with Crippen LogP contribution in [0.2, 0.25) is 0 Å². The molecule has 0 amide bonds. The topological polar surface area (TPSA) is 32.3 Å². The molecule has 13 heavy (non-hydrogen) atoms. The van der Waals surface area contributed by atoms with Crippen LogP contribution in [0.4, 0.5) is 8.78 Å². The lowest BCUT2D eigenvalue weighted by atomic mass is 10.1. The molecule has 0 spiro atoms. The zero-order valence-electron chi connectivity index (χ0n) is 7.27. The van der Waals surface area contributed by atoms with E-state index >= 15 is 0 Å². The minimum atomic E-state index is -0.904. The molecule has 1 rings (SSSR count). The fourth-order valence-corrected chi connectivity index (χ4v) is 1.13. The Hall–Kier alpha value is -1.00. The van der Waals surface area contributed by atoms with E-state index in [4.69, 9.17) is 5.21 Å². The van der Waals surface area contributed by atoms with Crippen molar-refractivity contribution in [1.29, 1.82) is 0 Å². The van der Waals surface area contributed by atoms with Crippen molar-refractivity contribution >= 4 is 0 Å². The molecule has 0 aromatic heterocycles. The molecule has 0 aliphatic heterocycles. The molecule has 0 atom stereocenters. The highest BCUT2D eigenvalue weighted by molar-refractivity contribution is 5.26. The summed E-state index contributed by atoms with van der Waals surface area (Å²) in [6, 6.07) is 2.69. The van der Waals surface area contributed by atoms with Crippen molar-refractivity contribution in [3.63, 3.8) is 0 Å². The van der Waals surface area contributed by atoms with Crippen LogP contribution in [-0.4, -0.2) is 5.21 Å². The number of hydroxylamine groups is 1. The van der Waals surface area contributed by atoms with Gasteiger partial charge in [0.25, 0.3) is 0 Å². The van der Waals surface area contributed by atoms with Crippen molar-refractivity contribution in [2.24, 2.45) is 0 Å². The zero-order valence-corrected chi connectivity index (χ0v) is 7.27. The van der Waals surface area contributed by atoms with Gasteiger partial charge in [-0.3, -0.25) is 0 Å². The fourth-order valence-electron chi connectivity index (χ4n) is 1.13. The van der Waals surface area contributed by atoms with Crippen LogP contribution in [0.5, 0.6) is 0 Å². The van der Waals surface area contributed by atoms with E-state index in [1.807, 2.05) is 6.92 Å². The highest BCUT2D eigenvalue weighted by atomic mass is 19.2. The Labute approximate surface area is 75.2 Å². The zero-order chi connectivity index (χ0) is 9.84. The van der Waals surface area contributed by atoms with Crippen LogP contribution in [0, 0.1) is 11.6 Å². The van der Waals surface area contributed by atoms with Crippen molar-refractivity contribution < 1.29 is 14.0 Å². The molecule has 1 aromatic rings. The average Bonchev–Trinajstić information content (AvgIpc) is 2.13. The maximum absolute atomic E-state index is 13.0. The first kappa shape index (κ1) is 10.1. The molecule has 0 radical (unpaired) electrons. The maximum Gasteiger partial charge on any atom is 0.163 e. The largest absolute Gasteiger partial charge is 0.316 e. The lowest BCUT2D eigenvalue weighted by Crippen LogP contribution is -2.09. The summed E-state index contributed by atoms with van der Waals surface area (Å²) in [5.74, 6) is -1.77. The van der Waals surface area contributed by atoms with Gasteiger partial charge in [-0.2, -0.15) is 0 Å². The Morgan fingerprint density at radius 2 is 2.08 bits per heavy atom. The Morgan fingerprint density at radius 1 is 1.38 bits per heavy atom. The van der Waals surface area contributed by atoms with E-state index in [-0.39, 0.29) is 12.1 Å². The molecule has 0 bridgehead atoms. The molecule has 0 aliphatic rings. The van der Waals surface area contributed by atoms with Crippen molar-refractivity contribution in [3.05, 3.63) is 34.9 Å². The van der Waals surface area contributed by atoms with Gasteiger partial charge in [-0.1, -0.05) is 13.0 Å². The SMILES string of the molecule is CCc1cc(F)c(F)c(CNO)c1. The quantitative estimate of drug-likeness (QED) is 0.709. The normalized spacial score (nSPS) is 10.5. The van der Waals surface area contributed by atoms with Crippen LogP contribution in [0.3, 0.4) is 0 Å². The van der Waals surface area contributed by atoms with Crippen LogP contribution >= 0.6 is 0 Å². The van der Waals surface area contributed by atoms with Gasteiger partial charge in [0.1, 0.15) is 0 Å². The average molecular weight is 187 g/mol. The molecule has 0 saturated carbocycles. The van der Waals surface area contributed by atoms with E-state index in [2.05, 4.69) is 0 Å². The Morgan fingerprint density at radius 3 is 2.62 bits per heavy atom. The summed E-state index contributed by atoms with van der Waals surface area (Å²) in [5.41, 5.74) is 2.65. The molecule has 0 heterocycles. The molecular weight excluding hydrogens is 176 g/mol. The highest BCUT2D eigenvalue weighted by Crippen LogP contribution is 2.15. The summed E-state index contributed by atoms with van der Waals surface area (Å²) in [7, 11) is 0. The van der Waals surface area contributed by atoms with Crippen molar-refractivity contribution in [2.45, 2.75) is 19.9 Å². The molecule has 0 unspecified atom stereocenters. The van der Waals surface area contributed by atoms with Crippen LogP contribution in [0.15, 0.2) is 12.1 Å². The lowest BCUT2D eigenvalue weighted by molar-refractivity contribution is 0.159. The van der Waals surface area contributed by atoms with E-state index in [1.54, 1.807) is 5.48 Å². The van der Waals surface area contributed by atoms with Gasteiger partial charge in [-0.05, 0) is 18.1 Å². The molecule has 0 saturated heterocycles. The summed E-state index contributed by atoms with van der Waals surface area (Å²) in [4.78, 5) is 0. The molecule has 2 N–H and O–H groups in total.